The summed E-state index contributed by atoms with van der Waals surface area (Å²) in [5.74, 6) is 0.977. The van der Waals surface area contributed by atoms with Gasteiger partial charge in [-0.25, -0.2) is 0 Å². The van der Waals surface area contributed by atoms with Gasteiger partial charge >= 0.3 is 0 Å². The van der Waals surface area contributed by atoms with E-state index in [1.54, 1.807) is 0 Å². The van der Waals surface area contributed by atoms with Crippen molar-refractivity contribution in [3.8, 4) is 12.1 Å². The third-order valence-corrected chi connectivity index (χ3v) is 2.89. The van der Waals surface area contributed by atoms with Gasteiger partial charge in [0.2, 0.25) is 0 Å². The maximum absolute atomic E-state index is 8.90. The fourth-order valence-corrected chi connectivity index (χ4v) is 1.43. The number of nitriles is 2. The molecule has 0 saturated heterocycles. The predicted octanol–water partition coefficient (Wildman–Crippen LogP) is 3.91. The molecule has 0 saturated carbocycles. The molecule has 16 heavy (non-hydrogen) atoms. The Morgan fingerprint density at radius 2 is 1.12 bits per heavy atom. The quantitative estimate of drug-likeness (QED) is 0.634. The summed E-state index contributed by atoms with van der Waals surface area (Å²) in [5.41, 5.74) is 0. The molecular formula is C14H22N2. The van der Waals surface area contributed by atoms with Gasteiger partial charge in [0, 0.05) is 0 Å². The molecule has 0 aliphatic heterocycles. The minimum Gasteiger partial charge on any atom is -0.198 e. The summed E-state index contributed by atoms with van der Waals surface area (Å²) in [4.78, 5) is 0. The highest BCUT2D eigenvalue weighted by molar-refractivity contribution is 4.97. The van der Waals surface area contributed by atoms with Crippen molar-refractivity contribution in [2.24, 2.45) is 23.7 Å². The summed E-state index contributed by atoms with van der Waals surface area (Å²) in [6.07, 6.45) is 5.68. The third kappa shape index (κ3) is 5.56. The molecule has 0 N–H and O–H groups in total. The molecule has 88 valence electrons. The molecule has 2 atom stereocenters. The minimum absolute atomic E-state index is 0.0934. The van der Waals surface area contributed by atoms with E-state index in [1.165, 1.54) is 0 Å². The molecule has 0 heterocycles. The van der Waals surface area contributed by atoms with Crippen LogP contribution in [0.15, 0.2) is 12.2 Å². The highest BCUT2D eigenvalue weighted by atomic mass is 14.3. The van der Waals surface area contributed by atoms with Crippen molar-refractivity contribution in [3.05, 3.63) is 12.2 Å². The van der Waals surface area contributed by atoms with Crippen molar-refractivity contribution in [2.45, 2.75) is 40.5 Å². The van der Waals surface area contributed by atoms with Crippen LogP contribution in [0.1, 0.15) is 40.5 Å². The maximum atomic E-state index is 8.90. The largest absolute Gasteiger partial charge is 0.198 e. The fraction of sp³-hybridized carbons (Fsp3) is 0.714. The molecule has 0 fully saturated rings. The van der Waals surface area contributed by atoms with E-state index < -0.39 is 0 Å². The average molecular weight is 218 g/mol. The van der Waals surface area contributed by atoms with E-state index in [2.05, 4.69) is 39.8 Å². The topological polar surface area (TPSA) is 47.6 Å². The van der Waals surface area contributed by atoms with Gasteiger partial charge in [0.1, 0.15) is 0 Å². The molecule has 0 spiro atoms. The maximum Gasteiger partial charge on any atom is 0.0661 e. The van der Waals surface area contributed by atoms with Crippen LogP contribution in [0.4, 0.5) is 0 Å². The van der Waals surface area contributed by atoms with Crippen LogP contribution in [0.25, 0.3) is 0 Å². The third-order valence-electron chi connectivity index (χ3n) is 2.89. The molecular weight excluding hydrogens is 196 g/mol. The molecule has 0 amide bonds. The lowest BCUT2D eigenvalue weighted by Crippen LogP contribution is -2.05. The first kappa shape index (κ1) is 14.7. The summed E-state index contributed by atoms with van der Waals surface area (Å²) in [7, 11) is 0. The SMILES string of the molecule is CC(C)[C@@H](C#N)C/C=C/C[C@H](C#N)C(C)C. The molecule has 0 rings (SSSR count). The first-order valence-corrected chi connectivity index (χ1v) is 5.97. The highest BCUT2D eigenvalue weighted by Gasteiger charge is 2.11. The smallest absolute Gasteiger partial charge is 0.0661 e. The summed E-state index contributed by atoms with van der Waals surface area (Å²) < 4.78 is 0. The van der Waals surface area contributed by atoms with Crippen LogP contribution in [0.5, 0.6) is 0 Å². The lowest BCUT2D eigenvalue weighted by Gasteiger charge is -2.11. The van der Waals surface area contributed by atoms with Gasteiger partial charge in [0.25, 0.3) is 0 Å². The van der Waals surface area contributed by atoms with Crippen LogP contribution in [0.3, 0.4) is 0 Å². The van der Waals surface area contributed by atoms with E-state index in [0.717, 1.165) is 12.8 Å². The number of nitrogens with zero attached hydrogens (tertiary/aromatic N) is 2. The van der Waals surface area contributed by atoms with Crippen LogP contribution >= 0.6 is 0 Å². The van der Waals surface area contributed by atoms with E-state index in [9.17, 15) is 0 Å². The van der Waals surface area contributed by atoms with Crippen molar-refractivity contribution in [1.82, 2.24) is 0 Å². The fourth-order valence-electron chi connectivity index (χ4n) is 1.43. The molecule has 0 bridgehead atoms. The molecule has 0 aliphatic rings. The zero-order valence-electron chi connectivity index (χ0n) is 10.8. The molecule has 0 aromatic carbocycles. The van der Waals surface area contributed by atoms with Crippen LogP contribution < -0.4 is 0 Å². The Morgan fingerprint density at radius 1 is 0.812 bits per heavy atom. The van der Waals surface area contributed by atoms with E-state index in [4.69, 9.17) is 10.5 Å². The number of rotatable bonds is 6. The first-order chi connectivity index (χ1) is 7.52. The zero-order chi connectivity index (χ0) is 12.6. The Bertz CT molecular complexity index is 259. The Labute approximate surface area is 99.6 Å². The lowest BCUT2D eigenvalue weighted by molar-refractivity contribution is 0.472. The van der Waals surface area contributed by atoms with Gasteiger partial charge in [0.15, 0.2) is 0 Å². The van der Waals surface area contributed by atoms with Crippen LogP contribution in [-0.4, -0.2) is 0 Å². The number of allylic oxidation sites excluding steroid dienone is 2. The monoisotopic (exact) mass is 218 g/mol. The number of hydrogen-bond donors (Lipinski definition) is 0. The molecule has 0 aliphatic carbocycles. The van der Waals surface area contributed by atoms with Crippen molar-refractivity contribution in [1.29, 1.82) is 10.5 Å². The van der Waals surface area contributed by atoms with E-state index in [1.807, 2.05) is 12.2 Å². The summed E-state index contributed by atoms with van der Waals surface area (Å²) in [5, 5.41) is 17.8. The molecule has 2 nitrogen and oxygen atoms in total. The summed E-state index contributed by atoms with van der Waals surface area (Å²) >= 11 is 0. The Kier molecular flexibility index (Phi) is 7.31. The van der Waals surface area contributed by atoms with Gasteiger partial charge in [-0.3, -0.25) is 0 Å². The van der Waals surface area contributed by atoms with Gasteiger partial charge in [-0.05, 0) is 24.7 Å². The Balaban J connectivity index is 4.04. The molecule has 2 heteroatoms. The normalized spacial score (nSPS) is 15.0. The van der Waals surface area contributed by atoms with Crippen LogP contribution in [-0.2, 0) is 0 Å². The van der Waals surface area contributed by atoms with Crippen LogP contribution in [0, 0.1) is 46.3 Å². The number of hydrogen-bond acceptors (Lipinski definition) is 2. The van der Waals surface area contributed by atoms with Gasteiger partial charge in [0.05, 0.1) is 24.0 Å². The summed E-state index contributed by atoms with van der Waals surface area (Å²) in [6.45, 7) is 8.25. The van der Waals surface area contributed by atoms with Gasteiger partial charge in [-0.15, -0.1) is 0 Å². The van der Waals surface area contributed by atoms with E-state index in [-0.39, 0.29) is 11.8 Å². The lowest BCUT2D eigenvalue weighted by atomic mass is 9.92. The van der Waals surface area contributed by atoms with Crippen molar-refractivity contribution < 1.29 is 0 Å². The second-order valence-electron chi connectivity index (χ2n) is 4.90. The summed E-state index contributed by atoms with van der Waals surface area (Å²) in [6, 6.07) is 4.62. The molecule has 0 unspecified atom stereocenters. The van der Waals surface area contributed by atoms with Crippen molar-refractivity contribution in [2.75, 3.05) is 0 Å². The van der Waals surface area contributed by atoms with Crippen molar-refractivity contribution in [3.63, 3.8) is 0 Å². The van der Waals surface area contributed by atoms with Gasteiger partial charge in [-0.2, -0.15) is 10.5 Å². The zero-order valence-corrected chi connectivity index (χ0v) is 10.8. The van der Waals surface area contributed by atoms with Crippen molar-refractivity contribution >= 4 is 0 Å². The van der Waals surface area contributed by atoms with E-state index >= 15 is 0 Å². The molecule has 0 aromatic rings. The van der Waals surface area contributed by atoms with Crippen LogP contribution in [0.2, 0.25) is 0 Å². The minimum atomic E-state index is 0.0934. The van der Waals surface area contributed by atoms with Gasteiger partial charge in [-0.1, -0.05) is 39.8 Å². The molecule has 0 aromatic heterocycles. The Hall–Kier alpha value is -1.28. The average Bonchev–Trinajstić information content (AvgIpc) is 2.22. The highest BCUT2D eigenvalue weighted by Crippen LogP contribution is 2.17. The van der Waals surface area contributed by atoms with Gasteiger partial charge < -0.3 is 0 Å². The Morgan fingerprint density at radius 3 is 1.31 bits per heavy atom. The predicted molar refractivity (Wildman–Crippen MR) is 66.3 cm³/mol. The first-order valence-electron chi connectivity index (χ1n) is 5.97. The second kappa shape index (κ2) is 7.94. The van der Waals surface area contributed by atoms with E-state index in [0.29, 0.717) is 11.8 Å². The second-order valence-corrected chi connectivity index (χ2v) is 4.90. The standard InChI is InChI=1S/C14H22N2/c1-11(2)13(9-15)7-5-6-8-14(10-16)12(3)4/h5-6,11-14H,7-8H2,1-4H3/b6-5+/t13-,14-/m1/s1. The molecule has 0 radical (unpaired) electrons.